The quantitative estimate of drug-likeness (QED) is 0.806. The van der Waals surface area contributed by atoms with Crippen molar-refractivity contribution in [1.82, 2.24) is 10.2 Å². The first kappa shape index (κ1) is 13.3. The second-order valence-electron chi connectivity index (χ2n) is 5.71. The monoisotopic (exact) mass is 254 g/mol. The molecule has 0 bridgehead atoms. The van der Waals surface area contributed by atoms with Crippen molar-refractivity contribution in [2.75, 3.05) is 13.2 Å². The van der Waals surface area contributed by atoms with Gasteiger partial charge in [0.1, 0.15) is 11.6 Å². The summed E-state index contributed by atoms with van der Waals surface area (Å²) in [5, 5.41) is 2.75. The second kappa shape index (κ2) is 4.88. The van der Waals surface area contributed by atoms with Gasteiger partial charge in [-0.3, -0.25) is 9.59 Å². The fourth-order valence-corrected chi connectivity index (χ4v) is 2.59. The first-order valence-electron chi connectivity index (χ1n) is 6.66. The molecule has 2 aliphatic rings. The first-order valence-corrected chi connectivity index (χ1v) is 6.66. The highest BCUT2D eigenvalue weighted by Gasteiger charge is 2.43. The number of piperazine rings is 1. The van der Waals surface area contributed by atoms with E-state index in [1.807, 2.05) is 0 Å². The zero-order chi connectivity index (χ0) is 13.3. The molecule has 5 heteroatoms. The van der Waals surface area contributed by atoms with Crippen LogP contribution in [-0.4, -0.2) is 47.6 Å². The third-order valence-corrected chi connectivity index (χ3v) is 3.79. The van der Waals surface area contributed by atoms with Crippen LogP contribution in [-0.2, 0) is 14.3 Å². The van der Waals surface area contributed by atoms with Crippen molar-refractivity contribution >= 4 is 11.8 Å². The maximum absolute atomic E-state index is 12.3. The molecule has 2 rings (SSSR count). The van der Waals surface area contributed by atoms with E-state index in [0.717, 1.165) is 25.9 Å². The minimum atomic E-state index is -0.792. The van der Waals surface area contributed by atoms with Crippen LogP contribution < -0.4 is 5.32 Å². The maximum Gasteiger partial charge on any atom is 0.248 e. The van der Waals surface area contributed by atoms with E-state index in [9.17, 15) is 9.59 Å². The van der Waals surface area contributed by atoms with Gasteiger partial charge in [0.15, 0.2) is 0 Å². The van der Waals surface area contributed by atoms with E-state index in [1.165, 1.54) is 0 Å². The smallest absolute Gasteiger partial charge is 0.248 e. The number of rotatable bonds is 3. The summed E-state index contributed by atoms with van der Waals surface area (Å²) in [5.41, 5.74) is -0.792. The summed E-state index contributed by atoms with van der Waals surface area (Å²) in [6.45, 7) is 6.69. The number of carbonyl (C=O) groups excluding carboxylic acids is 2. The van der Waals surface area contributed by atoms with Gasteiger partial charge in [0, 0.05) is 13.2 Å². The fraction of sp³-hybridized carbons (Fsp3) is 0.846. The number of amides is 2. The Morgan fingerprint density at radius 3 is 2.78 bits per heavy atom. The Kier molecular flexibility index (Phi) is 3.61. The second-order valence-corrected chi connectivity index (χ2v) is 5.71. The van der Waals surface area contributed by atoms with Crippen LogP contribution in [0.2, 0.25) is 0 Å². The van der Waals surface area contributed by atoms with E-state index < -0.39 is 5.54 Å². The number of nitrogens with zero attached hydrogens (tertiary/aromatic N) is 1. The van der Waals surface area contributed by atoms with Gasteiger partial charge in [-0.15, -0.1) is 0 Å². The van der Waals surface area contributed by atoms with Gasteiger partial charge in [-0.1, -0.05) is 0 Å². The molecule has 18 heavy (non-hydrogen) atoms. The molecule has 0 aromatic carbocycles. The van der Waals surface area contributed by atoms with Crippen LogP contribution in [0.4, 0.5) is 0 Å². The third-order valence-electron chi connectivity index (χ3n) is 3.79. The summed E-state index contributed by atoms with van der Waals surface area (Å²) in [4.78, 5) is 25.8. The molecule has 0 aromatic rings. The molecule has 2 unspecified atom stereocenters. The average Bonchev–Trinajstić information content (AvgIpc) is 2.79. The molecule has 1 N–H and O–H groups in total. The van der Waals surface area contributed by atoms with Crippen LogP contribution in [0, 0.1) is 0 Å². The van der Waals surface area contributed by atoms with Crippen LogP contribution in [0.25, 0.3) is 0 Å². The van der Waals surface area contributed by atoms with Crippen molar-refractivity contribution < 1.29 is 14.3 Å². The molecular formula is C13H22N2O3. The third kappa shape index (κ3) is 2.51. The molecule has 2 atom stereocenters. The van der Waals surface area contributed by atoms with Crippen LogP contribution in [0.1, 0.15) is 40.0 Å². The topological polar surface area (TPSA) is 58.6 Å². The van der Waals surface area contributed by atoms with E-state index >= 15 is 0 Å². The molecule has 0 radical (unpaired) electrons. The minimum absolute atomic E-state index is 0.00685. The van der Waals surface area contributed by atoms with Crippen LogP contribution in [0.15, 0.2) is 0 Å². The van der Waals surface area contributed by atoms with Crippen LogP contribution in [0.3, 0.4) is 0 Å². The Morgan fingerprint density at radius 1 is 1.44 bits per heavy atom. The fourth-order valence-electron chi connectivity index (χ4n) is 2.59. The Hall–Kier alpha value is -1.10. The van der Waals surface area contributed by atoms with Gasteiger partial charge in [-0.25, -0.2) is 0 Å². The lowest BCUT2D eigenvalue weighted by Crippen LogP contribution is -2.67. The summed E-state index contributed by atoms with van der Waals surface area (Å²) in [5.74, 6) is -0.0838. The van der Waals surface area contributed by atoms with Crippen molar-refractivity contribution in [2.45, 2.75) is 57.7 Å². The Balaban J connectivity index is 1.99. The summed E-state index contributed by atoms with van der Waals surface area (Å²) in [6.07, 6.45) is 3.23. The zero-order valence-electron chi connectivity index (χ0n) is 11.4. The Labute approximate surface area is 108 Å². The van der Waals surface area contributed by atoms with E-state index in [-0.39, 0.29) is 24.0 Å². The first-order chi connectivity index (χ1) is 8.42. The highest BCUT2D eigenvalue weighted by atomic mass is 16.5. The zero-order valence-corrected chi connectivity index (χ0v) is 11.4. The van der Waals surface area contributed by atoms with Gasteiger partial charge < -0.3 is 15.0 Å². The van der Waals surface area contributed by atoms with Gasteiger partial charge in [0.2, 0.25) is 11.8 Å². The molecule has 2 amide bonds. The van der Waals surface area contributed by atoms with Crippen molar-refractivity contribution in [3.8, 4) is 0 Å². The molecule has 2 saturated heterocycles. The minimum Gasteiger partial charge on any atom is -0.378 e. The lowest BCUT2D eigenvalue weighted by Gasteiger charge is -2.41. The molecule has 5 nitrogen and oxygen atoms in total. The van der Waals surface area contributed by atoms with Crippen molar-refractivity contribution in [3.63, 3.8) is 0 Å². The van der Waals surface area contributed by atoms with E-state index in [0.29, 0.717) is 6.54 Å². The highest BCUT2D eigenvalue weighted by molar-refractivity contribution is 5.99. The lowest BCUT2D eigenvalue weighted by atomic mass is 9.97. The van der Waals surface area contributed by atoms with Crippen molar-refractivity contribution in [3.05, 3.63) is 0 Å². The van der Waals surface area contributed by atoms with Crippen LogP contribution >= 0.6 is 0 Å². The van der Waals surface area contributed by atoms with Gasteiger partial charge in [-0.05, 0) is 40.0 Å². The number of carbonyl (C=O) groups is 2. The van der Waals surface area contributed by atoms with E-state index in [1.54, 1.807) is 25.7 Å². The highest BCUT2D eigenvalue weighted by Crippen LogP contribution is 2.21. The molecule has 2 fully saturated rings. The maximum atomic E-state index is 12.3. The Morgan fingerprint density at radius 2 is 2.17 bits per heavy atom. The number of hydrogen-bond donors (Lipinski definition) is 1. The van der Waals surface area contributed by atoms with E-state index in [2.05, 4.69) is 5.32 Å². The Bertz CT molecular complexity index is 348. The molecule has 0 spiro atoms. The number of nitrogens with one attached hydrogen (secondary N) is 1. The van der Waals surface area contributed by atoms with Gasteiger partial charge in [0.25, 0.3) is 0 Å². The normalized spacial score (nSPS) is 31.6. The van der Waals surface area contributed by atoms with Gasteiger partial charge in [-0.2, -0.15) is 0 Å². The van der Waals surface area contributed by atoms with Gasteiger partial charge in [0.05, 0.1) is 6.10 Å². The SMILES string of the molecule is CC1C(=O)NC(C)(C)C(=O)N1CCC1CCCO1. The molecular weight excluding hydrogens is 232 g/mol. The molecule has 2 heterocycles. The van der Waals surface area contributed by atoms with Crippen LogP contribution in [0.5, 0.6) is 0 Å². The van der Waals surface area contributed by atoms with Gasteiger partial charge >= 0.3 is 0 Å². The number of ether oxygens (including phenoxy) is 1. The average molecular weight is 254 g/mol. The van der Waals surface area contributed by atoms with E-state index in [4.69, 9.17) is 4.74 Å². The molecule has 2 aliphatic heterocycles. The molecule has 0 aromatic heterocycles. The molecule has 0 aliphatic carbocycles. The summed E-state index contributed by atoms with van der Waals surface area (Å²) >= 11 is 0. The number of hydrogen-bond acceptors (Lipinski definition) is 3. The predicted octanol–water partition coefficient (Wildman–Crippen LogP) is 0.681. The summed E-state index contributed by atoms with van der Waals surface area (Å²) in [7, 11) is 0. The molecule has 102 valence electrons. The summed E-state index contributed by atoms with van der Waals surface area (Å²) in [6, 6.07) is -0.382. The summed E-state index contributed by atoms with van der Waals surface area (Å²) < 4.78 is 5.55. The lowest BCUT2D eigenvalue weighted by molar-refractivity contribution is -0.153. The standard InChI is InChI=1S/C13H22N2O3/c1-9-11(16)14-13(2,3)12(17)15(9)7-6-10-5-4-8-18-10/h9-10H,4-8H2,1-3H3,(H,14,16). The van der Waals surface area contributed by atoms with Crippen molar-refractivity contribution in [1.29, 1.82) is 0 Å². The van der Waals surface area contributed by atoms with Crippen molar-refractivity contribution in [2.24, 2.45) is 0 Å². The molecule has 0 saturated carbocycles. The predicted molar refractivity (Wildman–Crippen MR) is 67.0 cm³/mol. The largest absolute Gasteiger partial charge is 0.378 e.